The monoisotopic (exact) mass is 1210 g/mol. The molecule has 6 nitrogen and oxygen atoms in total. The van der Waals surface area contributed by atoms with Crippen molar-refractivity contribution < 1.29 is 24.5 Å². The van der Waals surface area contributed by atoms with E-state index in [9.17, 15) is 19.8 Å². The maximum Gasteiger partial charge on any atom is 0.305 e. The number of carbonyl (C=O) groups is 2. The highest BCUT2D eigenvalue weighted by Crippen LogP contribution is 2.19. The number of ether oxygens (including phenoxy) is 1. The number of hydrogen-bond acceptors (Lipinski definition) is 5. The minimum atomic E-state index is -0.844. The number of unbranched alkanes of at least 4 members (excludes halogenated alkanes) is 56. The number of amides is 1. The minimum Gasteiger partial charge on any atom is -0.466 e. The van der Waals surface area contributed by atoms with Crippen LogP contribution in [0.25, 0.3) is 0 Å². The molecule has 0 spiro atoms. The molecule has 0 rings (SSSR count). The first-order valence-electron chi connectivity index (χ1n) is 38.9. The molecule has 0 radical (unpaired) electrons. The Bertz CT molecular complexity index is 1440. The highest BCUT2D eigenvalue weighted by molar-refractivity contribution is 5.76. The van der Waals surface area contributed by atoms with Gasteiger partial charge in [0.15, 0.2) is 0 Å². The molecule has 2 unspecified atom stereocenters. The van der Waals surface area contributed by atoms with Crippen molar-refractivity contribution in [2.24, 2.45) is 0 Å². The first kappa shape index (κ1) is 83.8. The summed E-state index contributed by atoms with van der Waals surface area (Å²) in [5, 5.41) is 23.2. The molecule has 3 N–H and O–H groups in total. The predicted molar refractivity (Wildman–Crippen MR) is 379 cm³/mol. The molecule has 86 heavy (non-hydrogen) atoms. The van der Waals surface area contributed by atoms with Crippen LogP contribution in [0.3, 0.4) is 0 Å². The lowest BCUT2D eigenvalue weighted by Crippen LogP contribution is -2.45. The van der Waals surface area contributed by atoms with Gasteiger partial charge in [-0.3, -0.25) is 9.59 Å². The van der Waals surface area contributed by atoms with Crippen LogP contribution in [0.2, 0.25) is 0 Å². The lowest BCUT2D eigenvalue weighted by molar-refractivity contribution is -0.143. The molecule has 0 saturated heterocycles. The Balaban J connectivity index is 3.38. The Morgan fingerprint density at radius 2 is 0.581 bits per heavy atom. The molecule has 0 aliphatic carbocycles. The maximum absolute atomic E-state index is 12.5. The van der Waals surface area contributed by atoms with Gasteiger partial charge in [-0.15, -0.1) is 0 Å². The Labute approximate surface area is 537 Å². The summed E-state index contributed by atoms with van der Waals surface area (Å²) in [4.78, 5) is 24.6. The first-order valence-corrected chi connectivity index (χ1v) is 38.9. The zero-order valence-corrected chi connectivity index (χ0v) is 58.1. The third kappa shape index (κ3) is 70.9. The van der Waals surface area contributed by atoms with Gasteiger partial charge in [0.25, 0.3) is 0 Å². The third-order valence-corrected chi connectivity index (χ3v) is 18.1. The highest BCUT2D eigenvalue weighted by atomic mass is 16.5. The molecule has 506 valence electrons. The van der Waals surface area contributed by atoms with Gasteiger partial charge in [0, 0.05) is 12.8 Å². The number of aliphatic hydroxyl groups excluding tert-OH is 2. The van der Waals surface area contributed by atoms with Gasteiger partial charge < -0.3 is 20.3 Å². The summed E-state index contributed by atoms with van der Waals surface area (Å²) in [6.45, 7) is 4.93. The molecule has 0 heterocycles. The molecule has 6 heteroatoms. The average molecular weight is 1210 g/mol. The Kier molecular flexibility index (Phi) is 73.4. The number of aliphatic hydroxyl groups is 2. The SMILES string of the molecule is CCCCCCCC/C=C\CCCCCCCCCCCC(=O)OCCCCCCCCCCC/C=C\C/C=C\CCCCCCCCCCCCCCCCCCCC(=O)NC(CO)C(O)/C=C/CCCCCCCCCCCCCCCCC. The van der Waals surface area contributed by atoms with Crippen molar-refractivity contribution in [2.75, 3.05) is 13.2 Å². The van der Waals surface area contributed by atoms with Crippen molar-refractivity contribution in [1.29, 1.82) is 0 Å². The normalized spacial score (nSPS) is 12.7. The molecule has 0 aromatic carbocycles. The molecular formula is C80H151NO5. The summed E-state index contributed by atoms with van der Waals surface area (Å²) in [6.07, 6.45) is 99.4. The fourth-order valence-corrected chi connectivity index (χ4v) is 12.1. The van der Waals surface area contributed by atoms with Crippen molar-refractivity contribution >= 4 is 11.9 Å². The number of allylic oxidation sites excluding steroid dienone is 7. The second-order valence-corrected chi connectivity index (χ2v) is 26.7. The lowest BCUT2D eigenvalue weighted by atomic mass is 10.0. The first-order chi connectivity index (χ1) is 42.5. The summed E-state index contributed by atoms with van der Waals surface area (Å²) in [5.74, 6) is -0.0492. The van der Waals surface area contributed by atoms with E-state index in [0.29, 0.717) is 19.4 Å². The summed E-state index contributed by atoms with van der Waals surface area (Å²) in [7, 11) is 0. The van der Waals surface area contributed by atoms with E-state index in [1.54, 1.807) is 6.08 Å². The fourth-order valence-electron chi connectivity index (χ4n) is 12.1. The topological polar surface area (TPSA) is 95.9 Å². The van der Waals surface area contributed by atoms with Crippen LogP contribution in [0.4, 0.5) is 0 Å². The van der Waals surface area contributed by atoms with Crippen molar-refractivity contribution in [3.05, 3.63) is 48.6 Å². The Hall–Kier alpha value is -2.18. The van der Waals surface area contributed by atoms with Crippen LogP contribution in [0, 0.1) is 0 Å². The lowest BCUT2D eigenvalue weighted by Gasteiger charge is -2.20. The molecule has 0 aromatic rings. The number of esters is 1. The van der Waals surface area contributed by atoms with Crippen LogP contribution in [0.15, 0.2) is 48.6 Å². The van der Waals surface area contributed by atoms with Gasteiger partial charge >= 0.3 is 5.97 Å². The Morgan fingerprint density at radius 3 is 0.895 bits per heavy atom. The van der Waals surface area contributed by atoms with E-state index >= 15 is 0 Å². The summed E-state index contributed by atoms with van der Waals surface area (Å²) in [5.41, 5.74) is 0. The van der Waals surface area contributed by atoms with Crippen molar-refractivity contribution in [3.8, 4) is 0 Å². The van der Waals surface area contributed by atoms with E-state index in [2.05, 4.69) is 55.6 Å². The fraction of sp³-hybridized carbons (Fsp3) is 0.875. The van der Waals surface area contributed by atoms with Crippen LogP contribution in [0.5, 0.6) is 0 Å². The minimum absolute atomic E-state index is 0.0140. The molecule has 0 aromatic heterocycles. The average Bonchev–Trinajstić information content (AvgIpc) is 3.59. The third-order valence-electron chi connectivity index (χ3n) is 18.1. The van der Waals surface area contributed by atoms with Crippen LogP contribution in [-0.4, -0.2) is 47.4 Å². The maximum atomic E-state index is 12.5. The van der Waals surface area contributed by atoms with E-state index in [0.717, 1.165) is 51.4 Å². The van der Waals surface area contributed by atoms with Crippen LogP contribution in [-0.2, 0) is 14.3 Å². The second-order valence-electron chi connectivity index (χ2n) is 26.7. The molecule has 0 aliphatic rings. The van der Waals surface area contributed by atoms with E-state index in [1.807, 2.05) is 6.08 Å². The zero-order valence-electron chi connectivity index (χ0n) is 58.1. The zero-order chi connectivity index (χ0) is 62.0. The summed E-state index contributed by atoms with van der Waals surface area (Å²) in [6, 6.07) is -0.627. The number of carbonyl (C=O) groups excluding carboxylic acids is 2. The van der Waals surface area contributed by atoms with Crippen LogP contribution in [0.1, 0.15) is 425 Å². The van der Waals surface area contributed by atoms with E-state index in [-0.39, 0.29) is 18.5 Å². The number of rotatable bonds is 73. The van der Waals surface area contributed by atoms with E-state index < -0.39 is 12.1 Å². The predicted octanol–water partition coefficient (Wildman–Crippen LogP) is 25.6. The molecule has 0 aliphatic heterocycles. The molecule has 2 atom stereocenters. The van der Waals surface area contributed by atoms with Gasteiger partial charge in [0.1, 0.15) is 0 Å². The molecule has 0 bridgehead atoms. The van der Waals surface area contributed by atoms with Gasteiger partial charge in [-0.1, -0.05) is 371 Å². The van der Waals surface area contributed by atoms with Gasteiger partial charge in [-0.25, -0.2) is 0 Å². The quantitative estimate of drug-likeness (QED) is 0.0320. The van der Waals surface area contributed by atoms with Crippen molar-refractivity contribution in [2.45, 2.75) is 437 Å². The standard InChI is InChI=1S/C80H151NO5/c1-3-5-7-9-11-13-15-17-19-21-37-42-46-50-54-58-62-66-70-74-80(85)86-75-71-67-63-59-55-51-47-43-39-36-34-32-30-28-26-24-22-23-25-27-29-31-33-35-38-41-45-49-53-57-61-65-69-73-79(84)81-77(76-82)78(83)72-68-64-60-56-52-48-44-40-20-18-16-14-12-10-8-6-4-2/h17,19,26,28,32,34,68,72,77-78,82-83H,3-16,18,20-25,27,29-31,33,35-67,69-71,73-76H2,1-2H3,(H,81,84)/b19-17-,28-26-,34-32-,72-68+. The van der Waals surface area contributed by atoms with Gasteiger partial charge in [0.2, 0.25) is 5.91 Å². The largest absolute Gasteiger partial charge is 0.466 e. The van der Waals surface area contributed by atoms with Gasteiger partial charge in [0.05, 0.1) is 25.4 Å². The van der Waals surface area contributed by atoms with Gasteiger partial charge in [-0.05, 0) is 89.9 Å². The van der Waals surface area contributed by atoms with Gasteiger partial charge in [-0.2, -0.15) is 0 Å². The van der Waals surface area contributed by atoms with Crippen LogP contribution >= 0.6 is 0 Å². The highest BCUT2D eigenvalue weighted by Gasteiger charge is 2.18. The number of nitrogens with one attached hydrogen (secondary N) is 1. The smallest absolute Gasteiger partial charge is 0.305 e. The molecular weight excluding hydrogens is 1050 g/mol. The molecule has 1 amide bonds. The Morgan fingerprint density at radius 1 is 0.326 bits per heavy atom. The van der Waals surface area contributed by atoms with E-state index in [1.165, 1.54) is 347 Å². The number of hydrogen-bond donors (Lipinski definition) is 3. The summed E-state index contributed by atoms with van der Waals surface area (Å²) >= 11 is 0. The van der Waals surface area contributed by atoms with Crippen LogP contribution < -0.4 is 5.32 Å². The summed E-state index contributed by atoms with van der Waals surface area (Å²) < 4.78 is 5.51. The van der Waals surface area contributed by atoms with Crippen molar-refractivity contribution in [3.63, 3.8) is 0 Å². The second kappa shape index (κ2) is 75.3. The molecule has 0 fully saturated rings. The van der Waals surface area contributed by atoms with Crippen molar-refractivity contribution in [1.82, 2.24) is 5.32 Å². The molecule has 0 saturated carbocycles. The van der Waals surface area contributed by atoms with E-state index in [4.69, 9.17) is 4.74 Å².